The first-order valence-electron chi connectivity index (χ1n) is 8.93. The Morgan fingerprint density at radius 2 is 2.00 bits per heavy atom. The minimum atomic E-state index is -0.213. The Hall–Kier alpha value is -2.50. The Labute approximate surface area is 154 Å². The second-order valence-corrected chi connectivity index (χ2v) is 7.91. The summed E-state index contributed by atoms with van der Waals surface area (Å²) >= 11 is 0. The number of nitrogens with one attached hydrogen (secondary N) is 1. The van der Waals surface area contributed by atoms with Crippen molar-refractivity contribution < 1.29 is 14.3 Å². The van der Waals surface area contributed by atoms with Gasteiger partial charge in [0.1, 0.15) is 5.82 Å². The van der Waals surface area contributed by atoms with Crippen LogP contribution in [-0.4, -0.2) is 28.9 Å². The number of amides is 1. The third-order valence-electron chi connectivity index (χ3n) is 4.41. The number of hydrogen-bond acceptors (Lipinski definition) is 4. The molecule has 1 aromatic carbocycles. The van der Waals surface area contributed by atoms with E-state index in [9.17, 15) is 4.79 Å². The molecule has 26 heavy (non-hydrogen) atoms. The van der Waals surface area contributed by atoms with Crippen LogP contribution in [0.2, 0.25) is 0 Å². The number of carbonyl (C=O) groups is 1. The van der Waals surface area contributed by atoms with Crippen molar-refractivity contribution in [1.82, 2.24) is 9.78 Å². The van der Waals surface area contributed by atoms with Crippen LogP contribution in [0.25, 0.3) is 0 Å². The van der Waals surface area contributed by atoms with E-state index in [4.69, 9.17) is 9.47 Å². The second kappa shape index (κ2) is 6.67. The fourth-order valence-electron chi connectivity index (χ4n) is 3.28. The van der Waals surface area contributed by atoms with Crippen molar-refractivity contribution in [3.05, 3.63) is 35.5 Å². The van der Waals surface area contributed by atoms with Gasteiger partial charge in [0.2, 0.25) is 5.91 Å². The predicted molar refractivity (Wildman–Crippen MR) is 101 cm³/mol. The lowest BCUT2D eigenvalue weighted by Gasteiger charge is -2.28. The maximum atomic E-state index is 12.3. The van der Waals surface area contributed by atoms with Crippen LogP contribution in [0, 0.1) is 0 Å². The van der Waals surface area contributed by atoms with E-state index in [0.29, 0.717) is 17.9 Å². The first kappa shape index (κ1) is 18.3. The van der Waals surface area contributed by atoms with Crippen molar-refractivity contribution >= 4 is 11.7 Å². The number of rotatable bonds is 4. The Morgan fingerprint density at radius 3 is 2.62 bits per heavy atom. The predicted octanol–water partition coefficient (Wildman–Crippen LogP) is 3.91. The topological polar surface area (TPSA) is 65.4 Å². The van der Waals surface area contributed by atoms with E-state index in [2.05, 4.69) is 31.2 Å². The lowest BCUT2D eigenvalue weighted by atomic mass is 9.87. The van der Waals surface area contributed by atoms with Gasteiger partial charge in [0.05, 0.1) is 24.9 Å². The van der Waals surface area contributed by atoms with Gasteiger partial charge in [0.15, 0.2) is 11.5 Å². The molecule has 1 aliphatic rings. The number of anilines is 1. The molecule has 0 aliphatic carbocycles. The van der Waals surface area contributed by atoms with Gasteiger partial charge in [-0.1, -0.05) is 6.07 Å². The minimum Gasteiger partial charge on any atom is -0.493 e. The van der Waals surface area contributed by atoms with Crippen LogP contribution in [0.3, 0.4) is 0 Å². The number of carbonyl (C=O) groups excluding carboxylic acids is 1. The number of fused-ring (bicyclic) bond motifs is 1. The van der Waals surface area contributed by atoms with Gasteiger partial charge in [-0.15, -0.1) is 0 Å². The normalized spacial score (nSPS) is 17.0. The average molecular weight is 357 g/mol. The first-order chi connectivity index (χ1) is 12.2. The van der Waals surface area contributed by atoms with Crippen LogP contribution in [-0.2, 0) is 10.3 Å². The zero-order valence-electron chi connectivity index (χ0n) is 16.3. The Bertz CT molecular complexity index is 818. The SMILES string of the molecule is COc1cc([C@H]2CC(=O)Nc3c2cnn3C(C)(C)C)ccc1OC(C)C. The highest BCUT2D eigenvalue weighted by atomic mass is 16.5. The van der Waals surface area contributed by atoms with E-state index in [1.165, 1.54) is 0 Å². The summed E-state index contributed by atoms with van der Waals surface area (Å²) < 4.78 is 13.2. The van der Waals surface area contributed by atoms with Gasteiger partial charge in [-0.05, 0) is 52.3 Å². The van der Waals surface area contributed by atoms with Crippen molar-refractivity contribution in [1.29, 1.82) is 0 Å². The van der Waals surface area contributed by atoms with Crippen LogP contribution in [0.1, 0.15) is 58.1 Å². The molecule has 6 heteroatoms. The molecule has 0 fully saturated rings. The molecule has 0 saturated heterocycles. The zero-order chi connectivity index (χ0) is 19.1. The lowest BCUT2D eigenvalue weighted by molar-refractivity contribution is -0.116. The highest BCUT2D eigenvalue weighted by Gasteiger charge is 2.33. The van der Waals surface area contributed by atoms with Crippen LogP contribution < -0.4 is 14.8 Å². The molecule has 2 aromatic rings. The largest absolute Gasteiger partial charge is 0.493 e. The number of ether oxygens (including phenoxy) is 2. The van der Waals surface area contributed by atoms with Crippen LogP contribution in [0.4, 0.5) is 5.82 Å². The Morgan fingerprint density at radius 1 is 1.27 bits per heavy atom. The first-order valence-corrected chi connectivity index (χ1v) is 8.93. The number of methoxy groups -OCH3 is 1. The summed E-state index contributed by atoms with van der Waals surface area (Å²) in [5, 5.41) is 7.51. The maximum absolute atomic E-state index is 12.3. The molecule has 0 saturated carbocycles. The number of nitrogens with zero attached hydrogens (tertiary/aromatic N) is 2. The average Bonchev–Trinajstić information content (AvgIpc) is 2.97. The number of hydrogen-bond donors (Lipinski definition) is 1. The van der Waals surface area contributed by atoms with Crippen molar-refractivity contribution in [3.63, 3.8) is 0 Å². The maximum Gasteiger partial charge on any atom is 0.226 e. The van der Waals surface area contributed by atoms with Crippen molar-refractivity contribution in [3.8, 4) is 11.5 Å². The van der Waals surface area contributed by atoms with Gasteiger partial charge in [-0.25, -0.2) is 4.68 Å². The molecule has 2 heterocycles. The van der Waals surface area contributed by atoms with Gasteiger partial charge in [0, 0.05) is 17.9 Å². The smallest absolute Gasteiger partial charge is 0.226 e. The molecule has 0 bridgehead atoms. The molecule has 1 aliphatic heterocycles. The molecule has 6 nitrogen and oxygen atoms in total. The molecular weight excluding hydrogens is 330 g/mol. The summed E-state index contributed by atoms with van der Waals surface area (Å²) in [4.78, 5) is 12.3. The van der Waals surface area contributed by atoms with Crippen molar-refractivity contribution in [2.75, 3.05) is 12.4 Å². The standard InChI is InChI=1S/C20H27N3O3/c1-12(2)26-16-8-7-13(9-17(16)25-6)14-10-18(24)22-19-15(14)11-21-23(19)20(3,4)5/h7-9,11-12,14H,10H2,1-6H3,(H,22,24)/t14-/m1/s1. The highest BCUT2D eigenvalue weighted by Crippen LogP contribution is 2.41. The summed E-state index contributed by atoms with van der Waals surface area (Å²) in [6.45, 7) is 10.2. The van der Waals surface area contributed by atoms with E-state index in [0.717, 1.165) is 16.9 Å². The summed E-state index contributed by atoms with van der Waals surface area (Å²) in [5.74, 6) is 2.09. The van der Waals surface area contributed by atoms with E-state index in [1.807, 2.05) is 42.9 Å². The molecule has 1 atom stereocenters. The fraction of sp³-hybridized carbons (Fsp3) is 0.500. The molecule has 3 rings (SSSR count). The molecular formula is C20H27N3O3. The highest BCUT2D eigenvalue weighted by molar-refractivity contribution is 5.94. The van der Waals surface area contributed by atoms with Gasteiger partial charge in [-0.2, -0.15) is 5.10 Å². The van der Waals surface area contributed by atoms with E-state index in [1.54, 1.807) is 7.11 Å². The number of aromatic nitrogens is 2. The quantitative estimate of drug-likeness (QED) is 0.901. The monoisotopic (exact) mass is 357 g/mol. The van der Waals surface area contributed by atoms with Gasteiger partial charge in [0.25, 0.3) is 0 Å². The lowest BCUT2D eigenvalue weighted by Crippen LogP contribution is -2.30. The van der Waals surface area contributed by atoms with Gasteiger partial charge in [-0.3, -0.25) is 4.79 Å². The summed E-state index contributed by atoms with van der Waals surface area (Å²) in [6, 6.07) is 5.87. The molecule has 140 valence electrons. The molecule has 1 aromatic heterocycles. The van der Waals surface area contributed by atoms with Gasteiger partial charge >= 0.3 is 0 Å². The zero-order valence-corrected chi connectivity index (χ0v) is 16.3. The van der Waals surface area contributed by atoms with Crippen molar-refractivity contribution in [2.45, 2.75) is 58.6 Å². The molecule has 1 N–H and O–H groups in total. The fourth-order valence-corrected chi connectivity index (χ4v) is 3.28. The Kier molecular flexibility index (Phi) is 4.69. The van der Waals surface area contributed by atoms with E-state index < -0.39 is 0 Å². The third-order valence-corrected chi connectivity index (χ3v) is 4.41. The molecule has 1 amide bonds. The number of benzene rings is 1. The van der Waals surface area contributed by atoms with Crippen LogP contribution >= 0.6 is 0 Å². The molecule has 0 spiro atoms. The summed E-state index contributed by atoms with van der Waals surface area (Å²) in [7, 11) is 1.63. The van der Waals surface area contributed by atoms with E-state index >= 15 is 0 Å². The second-order valence-electron chi connectivity index (χ2n) is 7.91. The van der Waals surface area contributed by atoms with Crippen molar-refractivity contribution in [2.24, 2.45) is 0 Å². The van der Waals surface area contributed by atoms with Crippen LogP contribution in [0.15, 0.2) is 24.4 Å². The third kappa shape index (κ3) is 3.41. The molecule has 0 unspecified atom stereocenters. The molecule has 0 radical (unpaired) electrons. The van der Waals surface area contributed by atoms with Crippen LogP contribution in [0.5, 0.6) is 11.5 Å². The Balaban J connectivity index is 2.03. The summed E-state index contributed by atoms with van der Waals surface area (Å²) in [5.41, 5.74) is 1.83. The van der Waals surface area contributed by atoms with E-state index in [-0.39, 0.29) is 23.5 Å². The van der Waals surface area contributed by atoms with Gasteiger partial charge < -0.3 is 14.8 Å². The summed E-state index contributed by atoms with van der Waals surface area (Å²) in [6.07, 6.45) is 2.30. The minimum absolute atomic E-state index is 0.00465.